The van der Waals surface area contributed by atoms with Crippen molar-refractivity contribution in [1.82, 2.24) is 15.7 Å². The van der Waals surface area contributed by atoms with E-state index in [1.807, 2.05) is 30.3 Å². The van der Waals surface area contributed by atoms with Gasteiger partial charge < -0.3 is 21.1 Å². The Bertz CT molecular complexity index is 1080. The molecule has 1 aromatic heterocycles. The maximum atomic E-state index is 12.0. The van der Waals surface area contributed by atoms with Gasteiger partial charge in [-0.25, -0.2) is 5.43 Å². The molecule has 2 unspecified atom stereocenters. The second kappa shape index (κ2) is 7.12. The molecule has 0 fully saturated rings. The molecule has 0 radical (unpaired) electrons. The molecule has 0 saturated heterocycles. The van der Waals surface area contributed by atoms with Crippen LogP contribution in [0, 0.1) is 5.92 Å². The zero-order chi connectivity index (χ0) is 19.7. The number of allylic oxidation sites excluding steroid dienone is 1. The second-order valence-corrected chi connectivity index (χ2v) is 6.48. The first-order valence-corrected chi connectivity index (χ1v) is 8.67. The highest BCUT2D eigenvalue weighted by Crippen LogP contribution is 2.26. The lowest BCUT2D eigenvalue weighted by molar-refractivity contribution is -0.138. The van der Waals surface area contributed by atoms with Crippen molar-refractivity contribution in [3.63, 3.8) is 0 Å². The number of hydrazone groups is 1. The number of carbonyl (C=O) groups excluding carboxylic acids is 1. The highest BCUT2D eigenvalue weighted by molar-refractivity contribution is 6.24. The number of aromatic amines is 1. The zero-order valence-electron chi connectivity index (χ0n) is 14.7. The fraction of sp³-hybridized carbons (Fsp3) is 0.158. The van der Waals surface area contributed by atoms with Crippen molar-refractivity contribution >= 4 is 40.8 Å². The molecular weight excluding hydrogens is 360 g/mol. The maximum Gasteiger partial charge on any atom is 0.320 e. The van der Waals surface area contributed by atoms with E-state index in [9.17, 15) is 14.7 Å². The standard InChI is InChI=1S/C19H18N6O3/c20-13(19(27)28)7-11-10-3-1-2-4-14(10)24-15(11)8-16-17(22-6-5-21-16)12-9-23-25-18(12)26/h1-6,8-9,12-13,21,24H,7,20H2,(H,25,26)(H,27,28). The first-order chi connectivity index (χ1) is 13.5. The lowest BCUT2D eigenvalue weighted by Crippen LogP contribution is -2.33. The lowest BCUT2D eigenvalue weighted by atomic mass is 9.98. The van der Waals surface area contributed by atoms with Gasteiger partial charge in [0.1, 0.15) is 12.0 Å². The summed E-state index contributed by atoms with van der Waals surface area (Å²) in [6.45, 7) is 0. The van der Waals surface area contributed by atoms with E-state index in [1.165, 1.54) is 6.21 Å². The number of carboxylic acids is 1. The van der Waals surface area contributed by atoms with Crippen LogP contribution in [0.1, 0.15) is 11.3 Å². The van der Waals surface area contributed by atoms with Crippen LogP contribution in [0.3, 0.4) is 0 Å². The third-order valence-electron chi connectivity index (χ3n) is 4.65. The number of aliphatic imine (C=N–C) groups is 1. The summed E-state index contributed by atoms with van der Waals surface area (Å²) in [5.74, 6) is -1.92. The minimum atomic E-state index is -1.07. The molecule has 0 saturated carbocycles. The molecule has 142 valence electrons. The molecule has 0 aliphatic carbocycles. The van der Waals surface area contributed by atoms with E-state index < -0.39 is 17.9 Å². The largest absolute Gasteiger partial charge is 0.480 e. The van der Waals surface area contributed by atoms with Crippen LogP contribution < -0.4 is 16.5 Å². The van der Waals surface area contributed by atoms with Crippen LogP contribution in [-0.2, 0) is 16.0 Å². The number of carbonyl (C=O) groups is 2. The normalized spacial score (nSPS) is 20.9. The quantitative estimate of drug-likeness (QED) is 0.520. The van der Waals surface area contributed by atoms with E-state index in [0.29, 0.717) is 17.1 Å². The smallest absolute Gasteiger partial charge is 0.320 e. The Morgan fingerprint density at radius 1 is 1.36 bits per heavy atom. The predicted molar refractivity (Wildman–Crippen MR) is 105 cm³/mol. The minimum Gasteiger partial charge on any atom is -0.480 e. The van der Waals surface area contributed by atoms with Gasteiger partial charge in [0.25, 0.3) is 5.91 Å². The van der Waals surface area contributed by atoms with Gasteiger partial charge in [-0.05, 0) is 17.7 Å². The number of aliphatic carboxylic acids is 1. The molecule has 6 N–H and O–H groups in total. The fourth-order valence-electron chi connectivity index (χ4n) is 3.27. The number of nitrogens with zero attached hydrogens (tertiary/aromatic N) is 2. The van der Waals surface area contributed by atoms with Crippen LogP contribution in [0.15, 0.2) is 52.5 Å². The van der Waals surface area contributed by atoms with Crippen LogP contribution in [-0.4, -0.2) is 39.9 Å². The SMILES string of the molecule is NC(Cc1c(C=C2NC=CN=C2C2C=NNC2=O)[nH]c2ccccc12)C(=O)O. The molecule has 9 heteroatoms. The van der Waals surface area contributed by atoms with Crippen LogP contribution in [0.5, 0.6) is 0 Å². The predicted octanol–water partition coefficient (Wildman–Crippen LogP) is 0.710. The average molecular weight is 378 g/mol. The van der Waals surface area contributed by atoms with Gasteiger partial charge in [0, 0.05) is 41.6 Å². The Labute approximate surface area is 159 Å². The van der Waals surface area contributed by atoms with Crippen LogP contribution in [0.4, 0.5) is 0 Å². The van der Waals surface area contributed by atoms with Gasteiger partial charge >= 0.3 is 5.97 Å². The topological polar surface area (TPSA) is 145 Å². The van der Waals surface area contributed by atoms with Gasteiger partial charge in [-0.15, -0.1) is 0 Å². The van der Waals surface area contributed by atoms with Crippen LogP contribution in [0.2, 0.25) is 0 Å². The maximum absolute atomic E-state index is 12.0. The van der Waals surface area contributed by atoms with Crippen molar-refractivity contribution in [2.75, 3.05) is 0 Å². The monoisotopic (exact) mass is 378 g/mol. The number of nitrogens with one attached hydrogen (secondary N) is 3. The van der Waals surface area contributed by atoms with Gasteiger partial charge in [0.05, 0.1) is 11.4 Å². The molecule has 1 amide bonds. The molecule has 2 aliphatic rings. The van der Waals surface area contributed by atoms with Crippen molar-refractivity contribution in [2.24, 2.45) is 21.7 Å². The van der Waals surface area contributed by atoms with E-state index in [0.717, 1.165) is 16.5 Å². The van der Waals surface area contributed by atoms with Crippen LogP contribution >= 0.6 is 0 Å². The van der Waals surface area contributed by atoms with E-state index in [1.54, 1.807) is 12.4 Å². The number of nitrogens with two attached hydrogens (primary N) is 1. The molecular formula is C19H18N6O3. The second-order valence-electron chi connectivity index (χ2n) is 6.48. The molecule has 1 aromatic carbocycles. The van der Waals surface area contributed by atoms with E-state index in [4.69, 9.17) is 5.73 Å². The number of benzene rings is 1. The summed E-state index contributed by atoms with van der Waals surface area (Å²) in [6, 6.07) is 6.57. The Balaban J connectivity index is 1.79. The van der Waals surface area contributed by atoms with E-state index in [2.05, 4.69) is 25.8 Å². The van der Waals surface area contributed by atoms with E-state index >= 15 is 0 Å². The summed E-state index contributed by atoms with van der Waals surface area (Å²) in [7, 11) is 0. The van der Waals surface area contributed by atoms with Crippen molar-refractivity contribution in [3.8, 4) is 0 Å². The van der Waals surface area contributed by atoms with Crippen molar-refractivity contribution < 1.29 is 14.7 Å². The molecule has 0 bridgehead atoms. The number of fused-ring (bicyclic) bond motifs is 1. The molecule has 2 atom stereocenters. The van der Waals surface area contributed by atoms with Crippen LogP contribution in [0.25, 0.3) is 17.0 Å². The zero-order valence-corrected chi connectivity index (χ0v) is 14.7. The van der Waals surface area contributed by atoms with Gasteiger partial charge in [-0.1, -0.05) is 18.2 Å². The van der Waals surface area contributed by atoms with Gasteiger partial charge in [0.15, 0.2) is 0 Å². The first kappa shape index (κ1) is 17.7. The first-order valence-electron chi connectivity index (χ1n) is 8.67. The lowest BCUT2D eigenvalue weighted by Gasteiger charge is -2.16. The fourth-order valence-corrected chi connectivity index (χ4v) is 3.27. The molecule has 4 rings (SSSR count). The number of hydrogen-bond donors (Lipinski definition) is 5. The molecule has 28 heavy (non-hydrogen) atoms. The number of H-pyrrole nitrogens is 1. The minimum absolute atomic E-state index is 0.159. The van der Waals surface area contributed by atoms with Gasteiger partial charge in [0.2, 0.25) is 0 Å². The Kier molecular flexibility index (Phi) is 4.50. The third kappa shape index (κ3) is 3.19. The molecule has 2 aromatic rings. The number of carboxylic acid groups (broad SMARTS) is 1. The van der Waals surface area contributed by atoms with Crippen molar-refractivity contribution in [1.29, 1.82) is 0 Å². The summed E-state index contributed by atoms with van der Waals surface area (Å²) < 4.78 is 0. The summed E-state index contributed by atoms with van der Waals surface area (Å²) in [4.78, 5) is 30.9. The summed E-state index contributed by atoms with van der Waals surface area (Å²) >= 11 is 0. The Morgan fingerprint density at radius 3 is 2.93 bits per heavy atom. The number of amides is 1. The average Bonchev–Trinajstić information content (AvgIpc) is 3.26. The van der Waals surface area contributed by atoms with Gasteiger partial charge in [-0.3, -0.25) is 14.6 Å². The molecule has 0 spiro atoms. The summed E-state index contributed by atoms with van der Waals surface area (Å²) in [5, 5.41) is 17.0. The molecule has 9 nitrogen and oxygen atoms in total. The highest BCUT2D eigenvalue weighted by atomic mass is 16.4. The molecule has 3 heterocycles. The van der Waals surface area contributed by atoms with Crippen molar-refractivity contribution in [2.45, 2.75) is 12.5 Å². The summed E-state index contributed by atoms with van der Waals surface area (Å²) in [5.41, 5.74) is 11.7. The third-order valence-corrected chi connectivity index (χ3v) is 4.65. The van der Waals surface area contributed by atoms with E-state index in [-0.39, 0.29) is 12.3 Å². The highest BCUT2D eigenvalue weighted by Gasteiger charge is 2.30. The number of hydrogen-bond acceptors (Lipinski definition) is 6. The number of rotatable bonds is 5. The van der Waals surface area contributed by atoms with Gasteiger partial charge in [-0.2, -0.15) is 5.10 Å². The number of aromatic nitrogens is 1. The summed E-state index contributed by atoms with van der Waals surface area (Å²) in [6.07, 6.45) is 6.70. The number of para-hydroxylation sites is 1. The molecule has 2 aliphatic heterocycles. The Morgan fingerprint density at radius 2 is 2.18 bits per heavy atom. The Hall–Kier alpha value is -3.72. The van der Waals surface area contributed by atoms with Crippen molar-refractivity contribution in [3.05, 3.63) is 53.6 Å².